The van der Waals surface area contributed by atoms with Crippen molar-refractivity contribution in [3.05, 3.63) is 35.6 Å². The summed E-state index contributed by atoms with van der Waals surface area (Å²) in [5.74, 6) is 0.847. The van der Waals surface area contributed by atoms with Crippen molar-refractivity contribution in [1.82, 2.24) is 19.5 Å². The molecule has 1 aliphatic heterocycles. The van der Waals surface area contributed by atoms with Crippen LogP contribution in [0.3, 0.4) is 0 Å². The summed E-state index contributed by atoms with van der Waals surface area (Å²) in [5, 5.41) is 6.06. The lowest BCUT2D eigenvalue weighted by Crippen LogP contribution is -2.24. The molecule has 0 bridgehead atoms. The standard InChI is InChI=1S/C12H14N4OS/c1-2-11(6-13-4-1)17-12-3-5-16(8-12)7-10-9-18-15-14-10/h1-2,4,6,9,12H,3,5,7-8H2. The van der Waals surface area contributed by atoms with Crippen LogP contribution >= 0.6 is 11.5 Å². The monoisotopic (exact) mass is 262 g/mol. The zero-order valence-electron chi connectivity index (χ0n) is 9.90. The van der Waals surface area contributed by atoms with Gasteiger partial charge in [-0.15, -0.1) is 5.10 Å². The lowest BCUT2D eigenvalue weighted by Gasteiger charge is -2.15. The summed E-state index contributed by atoms with van der Waals surface area (Å²) >= 11 is 1.40. The third kappa shape index (κ3) is 2.83. The molecule has 2 aromatic rings. The number of hydrogen-bond donors (Lipinski definition) is 0. The molecule has 3 rings (SSSR count). The van der Waals surface area contributed by atoms with Crippen LogP contribution in [0.1, 0.15) is 12.1 Å². The number of nitrogens with zero attached hydrogens (tertiary/aromatic N) is 4. The Hall–Kier alpha value is -1.53. The molecule has 0 spiro atoms. The fraction of sp³-hybridized carbons (Fsp3) is 0.417. The van der Waals surface area contributed by atoms with Crippen molar-refractivity contribution >= 4 is 11.5 Å². The van der Waals surface area contributed by atoms with Crippen molar-refractivity contribution in [1.29, 1.82) is 0 Å². The lowest BCUT2D eigenvalue weighted by molar-refractivity contribution is 0.197. The van der Waals surface area contributed by atoms with Crippen molar-refractivity contribution < 1.29 is 4.74 Å². The van der Waals surface area contributed by atoms with Crippen LogP contribution in [0.5, 0.6) is 5.75 Å². The molecule has 3 heterocycles. The van der Waals surface area contributed by atoms with Crippen LogP contribution < -0.4 is 4.74 Å². The third-order valence-corrected chi connectivity index (χ3v) is 3.51. The minimum absolute atomic E-state index is 0.251. The Balaban J connectivity index is 1.52. The van der Waals surface area contributed by atoms with Gasteiger partial charge in [0.15, 0.2) is 0 Å². The number of aromatic nitrogens is 3. The number of likely N-dealkylation sites (tertiary alicyclic amines) is 1. The van der Waals surface area contributed by atoms with E-state index in [0.29, 0.717) is 0 Å². The smallest absolute Gasteiger partial charge is 0.138 e. The fourth-order valence-corrected chi connectivity index (χ4v) is 2.57. The van der Waals surface area contributed by atoms with Crippen molar-refractivity contribution in [2.45, 2.75) is 19.1 Å². The molecule has 5 nitrogen and oxygen atoms in total. The molecule has 0 aromatic carbocycles. The van der Waals surface area contributed by atoms with Crippen LogP contribution in [0.2, 0.25) is 0 Å². The Morgan fingerprint density at radius 3 is 3.28 bits per heavy atom. The summed E-state index contributed by atoms with van der Waals surface area (Å²) in [6.07, 6.45) is 4.81. The van der Waals surface area contributed by atoms with E-state index >= 15 is 0 Å². The molecule has 94 valence electrons. The van der Waals surface area contributed by atoms with E-state index in [-0.39, 0.29) is 6.10 Å². The Morgan fingerprint density at radius 2 is 2.50 bits per heavy atom. The first-order valence-electron chi connectivity index (χ1n) is 5.95. The largest absolute Gasteiger partial charge is 0.487 e. The number of pyridine rings is 1. The topological polar surface area (TPSA) is 51.1 Å². The van der Waals surface area contributed by atoms with Gasteiger partial charge in [-0.1, -0.05) is 4.49 Å². The van der Waals surface area contributed by atoms with Gasteiger partial charge in [0.05, 0.1) is 11.9 Å². The number of hydrogen-bond acceptors (Lipinski definition) is 6. The van der Waals surface area contributed by atoms with Crippen molar-refractivity contribution in [3.63, 3.8) is 0 Å². The quantitative estimate of drug-likeness (QED) is 0.837. The summed E-state index contributed by atoms with van der Waals surface area (Å²) in [6.45, 7) is 2.85. The van der Waals surface area contributed by atoms with Crippen molar-refractivity contribution in [3.8, 4) is 5.75 Å². The van der Waals surface area contributed by atoms with Crippen molar-refractivity contribution in [2.24, 2.45) is 0 Å². The second kappa shape index (κ2) is 5.41. The molecule has 1 unspecified atom stereocenters. The van der Waals surface area contributed by atoms with E-state index in [1.165, 1.54) is 11.5 Å². The molecule has 18 heavy (non-hydrogen) atoms. The second-order valence-corrected chi connectivity index (χ2v) is 4.96. The Bertz CT molecular complexity index is 476. The van der Waals surface area contributed by atoms with Crippen LogP contribution in [0, 0.1) is 0 Å². The summed E-state index contributed by atoms with van der Waals surface area (Å²) < 4.78 is 9.76. The summed E-state index contributed by atoms with van der Waals surface area (Å²) in [7, 11) is 0. The number of rotatable bonds is 4. The van der Waals surface area contributed by atoms with E-state index in [9.17, 15) is 0 Å². The molecule has 1 atom stereocenters. The highest BCUT2D eigenvalue weighted by atomic mass is 32.1. The van der Waals surface area contributed by atoms with Gasteiger partial charge in [0.1, 0.15) is 11.9 Å². The van der Waals surface area contributed by atoms with Crippen LogP contribution in [-0.4, -0.2) is 38.7 Å². The van der Waals surface area contributed by atoms with Gasteiger partial charge in [0, 0.05) is 31.2 Å². The van der Waals surface area contributed by atoms with Crippen LogP contribution in [0.25, 0.3) is 0 Å². The van der Waals surface area contributed by atoms with Crippen LogP contribution in [0.4, 0.5) is 0 Å². The van der Waals surface area contributed by atoms with Gasteiger partial charge in [-0.3, -0.25) is 9.88 Å². The molecule has 0 amide bonds. The Morgan fingerprint density at radius 1 is 1.50 bits per heavy atom. The first-order chi connectivity index (χ1) is 8.90. The maximum Gasteiger partial charge on any atom is 0.138 e. The normalized spacial score (nSPS) is 20.1. The highest BCUT2D eigenvalue weighted by Crippen LogP contribution is 2.18. The second-order valence-electron chi connectivity index (χ2n) is 4.35. The molecule has 0 N–H and O–H groups in total. The maximum atomic E-state index is 5.89. The van der Waals surface area contributed by atoms with Crippen molar-refractivity contribution in [2.75, 3.05) is 13.1 Å². The molecule has 1 fully saturated rings. The number of ether oxygens (including phenoxy) is 1. The van der Waals surface area contributed by atoms with Gasteiger partial charge in [0.25, 0.3) is 0 Å². The molecule has 0 aliphatic carbocycles. The van der Waals surface area contributed by atoms with E-state index in [0.717, 1.165) is 37.5 Å². The van der Waals surface area contributed by atoms with Gasteiger partial charge in [-0.05, 0) is 30.1 Å². The lowest BCUT2D eigenvalue weighted by atomic mass is 10.3. The van der Waals surface area contributed by atoms with E-state index in [1.807, 2.05) is 17.5 Å². The molecule has 2 aromatic heterocycles. The minimum atomic E-state index is 0.251. The van der Waals surface area contributed by atoms with Gasteiger partial charge >= 0.3 is 0 Å². The highest BCUT2D eigenvalue weighted by Gasteiger charge is 2.24. The van der Waals surface area contributed by atoms with Gasteiger partial charge in [0.2, 0.25) is 0 Å². The predicted octanol–water partition coefficient (Wildman–Crippen LogP) is 1.59. The average Bonchev–Trinajstić information content (AvgIpc) is 3.03. The fourth-order valence-electron chi connectivity index (χ4n) is 2.13. The first kappa shape index (κ1) is 11.6. The zero-order valence-corrected chi connectivity index (χ0v) is 10.7. The first-order valence-corrected chi connectivity index (χ1v) is 6.79. The predicted molar refractivity (Wildman–Crippen MR) is 68.5 cm³/mol. The average molecular weight is 262 g/mol. The van der Waals surface area contributed by atoms with E-state index < -0.39 is 0 Å². The van der Waals surface area contributed by atoms with Gasteiger partial charge in [-0.25, -0.2) is 0 Å². The van der Waals surface area contributed by atoms with E-state index in [4.69, 9.17) is 4.74 Å². The minimum Gasteiger partial charge on any atom is -0.487 e. The molecular weight excluding hydrogens is 248 g/mol. The molecule has 1 aliphatic rings. The third-order valence-electron chi connectivity index (χ3n) is 2.96. The molecular formula is C12H14N4OS. The molecule has 6 heteroatoms. The Kier molecular flexibility index (Phi) is 3.47. The summed E-state index contributed by atoms with van der Waals surface area (Å²) in [5.41, 5.74) is 1.04. The van der Waals surface area contributed by atoms with Crippen LogP contribution in [0.15, 0.2) is 29.9 Å². The summed E-state index contributed by atoms with van der Waals surface area (Å²) in [4.78, 5) is 6.40. The SMILES string of the molecule is c1cncc(OC2CCN(Cc3csnn3)C2)c1. The van der Waals surface area contributed by atoms with Gasteiger partial charge < -0.3 is 4.74 Å². The van der Waals surface area contributed by atoms with E-state index in [1.54, 1.807) is 12.4 Å². The molecule has 1 saturated heterocycles. The van der Waals surface area contributed by atoms with Crippen LogP contribution in [-0.2, 0) is 6.54 Å². The maximum absolute atomic E-state index is 5.89. The van der Waals surface area contributed by atoms with E-state index in [2.05, 4.69) is 19.5 Å². The zero-order chi connectivity index (χ0) is 12.2. The highest BCUT2D eigenvalue weighted by molar-refractivity contribution is 7.03. The Labute approximate surface area is 110 Å². The summed E-state index contributed by atoms with van der Waals surface area (Å²) in [6, 6.07) is 3.84. The van der Waals surface area contributed by atoms with Gasteiger partial charge in [-0.2, -0.15) is 0 Å². The molecule has 0 saturated carbocycles. The molecule has 0 radical (unpaired) electrons.